The molecule has 0 spiro atoms. The summed E-state index contributed by atoms with van der Waals surface area (Å²) in [7, 11) is 0. The summed E-state index contributed by atoms with van der Waals surface area (Å²) < 4.78 is 6.03. The summed E-state index contributed by atoms with van der Waals surface area (Å²) in [5.74, 6) is 0.605. The first-order valence-electron chi connectivity index (χ1n) is 11.9. The van der Waals surface area contributed by atoms with E-state index in [0.717, 1.165) is 43.6 Å². The number of hydrogen-bond donors (Lipinski definition) is 1. The maximum absolute atomic E-state index is 13.6. The van der Waals surface area contributed by atoms with Crippen LogP contribution in [-0.2, 0) is 11.2 Å². The molecule has 2 aliphatic heterocycles. The zero-order chi connectivity index (χ0) is 23.3. The van der Waals surface area contributed by atoms with Crippen LogP contribution in [0.5, 0.6) is 5.75 Å². The van der Waals surface area contributed by atoms with E-state index in [4.69, 9.17) is 4.74 Å². The van der Waals surface area contributed by atoms with Gasteiger partial charge >= 0.3 is 0 Å². The zero-order valence-electron chi connectivity index (χ0n) is 19.2. The van der Waals surface area contributed by atoms with E-state index in [9.17, 15) is 9.59 Å². The first-order valence-corrected chi connectivity index (χ1v) is 11.9. The molecule has 3 aromatic carbocycles. The molecule has 0 unspecified atom stereocenters. The molecule has 1 atom stereocenters. The van der Waals surface area contributed by atoms with Crippen molar-refractivity contribution in [1.29, 1.82) is 0 Å². The average Bonchev–Trinajstić information content (AvgIpc) is 3.43. The predicted octanol–water partition coefficient (Wildman–Crippen LogP) is 4.50. The third-order valence-corrected chi connectivity index (χ3v) is 6.53. The number of carbonyl (C=O) groups is 2. The summed E-state index contributed by atoms with van der Waals surface area (Å²) >= 11 is 0. The maximum Gasteiger partial charge on any atom is 0.260 e. The highest BCUT2D eigenvalue weighted by Crippen LogP contribution is 2.37. The van der Waals surface area contributed by atoms with Gasteiger partial charge in [0.1, 0.15) is 11.9 Å². The SMILES string of the molecule is O=C(COc1ccccc1[C@@H]1Nc2ccccc2C(=O)N1CCc1ccccc1)N1CCCC1. The normalized spacial score (nSPS) is 17.3. The quantitative estimate of drug-likeness (QED) is 0.570. The van der Waals surface area contributed by atoms with E-state index in [2.05, 4.69) is 17.4 Å². The van der Waals surface area contributed by atoms with Gasteiger partial charge in [-0.2, -0.15) is 0 Å². The molecule has 2 aliphatic rings. The Balaban J connectivity index is 1.41. The molecule has 0 bridgehead atoms. The Kier molecular flexibility index (Phi) is 6.47. The Morgan fingerprint density at radius 2 is 1.62 bits per heavy atom. The van der Waals surface area contributed by atoms with Crippen molar-refractivity contribution in [2.75, 3.05) is 31.6 Å². The molecule has 1 N–H and O–H groups in total. The van der Waals surface area contributed by atoms with Crippen LogP contribution in [0.3, 0.4) is 0 Å². The van der Waals surface area contributed by atoms with Gasteiger partial charge in [-0.25, -0.2) is 0 Å². The van der Waals surface area contributed by atoms with Crippen LogP contribution in [0.2, 0.25) is 0 Å². The summed E-state index contributed by atoms with van der Waals surface area (Å²) in [6.07, 6.45) is 2.44. The Labute approximate surface area is 200 Å². The number of amides is 2. The molecule has 6 nitrogen and oxygen atoms in total. The fourth-order valence-electron chi connectivity index (χ4n) is 4.70. The Morgan fingerprint density at radius 1 is 0.912 bits per heavy atom. The smallest absolute Gasteiger partial charge is 0.260 e. The number of nitrogens with zero attached hydrogens (tertiary/aromatic N) is 2. The van der Waals surface area contributed by atoms with Gasteiger partial charge in [0.05, 0.1) is 5.56 Å². The molecule has 2 amide bonds. The maximum atomic E-state index is 13.6. The van der Waals surface area contributed by atoms with Gasteiger partial charge in [0, 0.05) is 30.9 Å². The number of ether oxygens (including phenoxy) is 1. The molecule has 34 heavy (non-hydrogen) atoms. The molecule has 0 radical (unpaired) electrons. The first-order chi connectivity index (χ1) is 16.7. The second-order valence-electron chi connectivity index (χ2n) is 8.74. The lowest BCUT2D eigenvalue weighted by atomic mass is 10.0. The largest absolute Gasteiger partial charge is 0.483 e. The van der Waals surface area contributed by atoms with Gasteiger partial charge in [-0.05, 0) is 43.0 Å². The van der Waals surface area contributed by atoms with Crippen molar-refractivity contribution in [2.24, 2.45) is 0 Å². The highest BCUT2D eigenvalue weighted by atomic mass is 16.5. The first kappa shape index (κ1) is 22.0. The number of benzene rings is 3. The van der Waals surface area contributed by atoms with Gasteiger partial charge in [0.15, 0.2) is 6.61 Å². The third kappa shape index (κ3) is 4.62. The van der Waals surface area contributed by atoms with Crippen LogP contribution in [0.25, 0.3) is 0 Å². The molecule has 0 aromatic heterocycles. The van der Waals surface area contributed by atoms with Gasteiger partial charge in [0.25, 0.3) is 11.8 Å². The topological polar surface area (TPSA) is 61.9 Å². The molecule has 1 saturated heterocycles. The second kappa shape index (κ2) is 10.00. The van der Waals surface area contributed by atoms with Crippen molar-refractivity contribution in [2.45, 2.75) is 25.4 Å². The van der Waals surface area contributed by atoms with Gasteiger partial charge in [-0.1, -0.05) is 60.7 Å². The Bertz CT molecular complexity index is 1160. The van der Waals surface area contributed by atoms with Crippen molar-refractivity contribution < 1.29 is 14.3 Å². The lowest BCUT2D eigenvalue weighted by molar-refractivity contribution is -0.132. The number of rotatable bonds is 7. The number of hydrogen-bond acceptors (Lipinski definition) is 4. The Hall–Kier alpha value is -3.80. The summed E-state index contributed by atoms with van der Waals surface area (Å²) in [5.41, 5.74) is 3.48. The summed E-state index contributed by atoms with van der Waals surface area (Å²) in [6.45, 7) is 2.15. The molecule has 0 aliphatic carbocycles. The number of likely N-dealkylation sites (tertiary alicyclic amines) is 1. The number of anilines is 1. The molecule has 0 saturated carbocycles. The highest BCUT2D eigenvalue weighted by molar-refractivity contribution is 6.01. The van der Waals surface area contributed by atoms with Crippen LogP contribution in [0, 0.1) is 0 Å². The van der Waals surface area contributed by atoms with E-state index < -0.39 is 6.17 Å². The zero-order valence-corrected chi connectivity index (χ0v) is 19.2. The standard InChI is InChI=1S/C28H29N3O3/c32-26(30-17-8-9-18-30)20-34-25-15-7-5-13-23(25)27-29-24-14-6-4-12-22(24)28(33)31(27)19-16-21-10-2-1-3-11-21/h1-7,10-15,27,29H,8-9,16-20H2/t27-/m1/s1. The highest BCUT2D eigenvalue weighted by Gasteiger charge is 2.34. The molecule has 5 rings (SSSR count). The van der Waals surface area contributed by atoms with Gasteiger partial charge in [-0.3, -0.25) is 9.59 Å². The lowest BCUT2D eigenvalue weighted by Crippen LogP contribution is -2.44. The molecular weight excluding hydrogens is 426 g/mol. The van der Waals surface area contributed by atoms with Crippen molar-refractivity contribution in [3.63, 3.8) is 0 Å². The van der Waals surface area contributed by atoms with Crippen molar-refractivity contribution >= 4 is 17.5 Å². The number of nitrogens with one attached hydrogen (secondary N) is 1. The van der Waals surface area contributed by atoms with E-state index in [-0.39, 0.29) is 18.4 Å². The van der Waals surface area contributed by atoms with Crippen LogP contribution in [0.15, 0.2) is 78.9 Å². The molecule has 2 heterocycles. The average molecular weight is 456 g/mol. The van der Waals surface area contributed by atoms with E-state index >= 15 is 0 Å². The minimum absolute atomic E-state index is 0.00170. The van der Waals surface area contributed by atoms with E-state index in [0.29, 0.717) is 17.9 Å². The third-order valence-electron chi connectivity index (χ3n) is 6.53. The van der Waals surface area contributed by atoms with Gasteiger partial charge in [0.2, 0.25) is 0 Å². The lowest BCUT2D eigenvalue weighted by Gasteiger charge is -2.38. The minimum atomic E-state index is -0.399. The fraction of sp³-hybridized carbons (Fsp3) is 0.286. The van der Waals surface area contributed by atoms with E-state index in [1.54, 1.807) is 0 Å². The molecule has 6 heteroatoms. The van der Waals surface area contributed by atoms with Crippen molar-refractivity contribution in [1.82, 2.24) is 9.80 Å². The monoisotopic (exact) mass is 455 g/mol. The van der Waals surface area contributed by atoms with E-state index in [1.165, 1.54) is 5.56 Å². The van der Waals surface area contributed by atoms with Gasteiger partial charge < -0.3 is 19.9 Å². The summed E-state index contributed by atoms with van der Waals surface area (Å²) in [5, 5.41) is 3.54. The Morgan fingerprint density at radius 3 is 2.44 bits per heavy atom. The van der Waals surface area contributed by atoms with Gasteiger partial charge in [-0.15, -0.1) is 0 Å². The molecular formula is C28H29N3O3. The predicted molar refractivity (Wildman–Crippen MR) is 132 cm³/mol. The molecule has 174 valence electrons. The number of para-hydroxylation sites is 2. The molecule has 1 fully saturated rings. The van der Waals surface area contributed by atoms with E-state index in [1.807, 2.05) is 76.5 Å². The van der Waals surface area contributed by atoms with Crippen LogP contribution in [0.1, 0.15) is 40.5 Å². The summed E-state index contributed by atoms with van der Waals surface area (Å²) in [6, 6.07) is 25.4. The number of fused-ring (bicyclic) bond motifs is 1. The van der Waals surface area contributed by atoms with Crippen molar-refractivity contribution in [3.8, 4) is 5.75 Å². The van der Waals surface area contributed by atoms with Crippen LogP contribution < -0.4 is 10.1 Å². The van der Waals surface area contributed by atoms with Crippen LogP contribution in [-0.4, -0.2) is 47.9 Å². The number of carbonyl (C=O) groups excluding carboxylic acids is 2. The molecule has 3 aromatic rings. The summed E-state index contributed by atoms with van der Waals surface area (Å²) in [4.78, 5) is 29.8. The fourth-order valence-corrected chi connectivity index (χ4v) is 4.70. The van der Waals surface area contributed by atoms with Crippen LogP contribution in [0.4, 0.5) is 5.69 Å². The van der Waals surface area contributed by atoms with Crippen molar-refractivity contribution in [3.05, 3.63) is 95.6 Å². The minimum Gasteiger partial charge on any atom is -0.483 e. The second-order valence-corrected chi connectivity index (χ2v) is 8.74. The van der Waals surface area contributed by atoms with Crippen LogP contribution >= 0.6 is 0 Å².